The van der Waals surface area contributed by atoms with Crippen molar-refractivity contribution in [1.29, 1.82) is 0 Å². The van der Waals surface area contributed by atoms with Crippen LogP contribution in [0.15, 0.2) is 18.2 Å². The Bertz CT molecular complexity index is 422. The lowest BCUT2D eigenvalue weighted by atomic mass is 10.1. The number of rotatable bonds is 3. The van der Waals surface area contributed by atoms with E-state index in [1.807, 2.05) is 45.9 Å². The molecule has 0 saturated heterocycles. The fourth-order valence-corrected chi connectivity index (χ4v) is 1.62. The minimum absolute atomic E-state index is 0.211. The standard InChI is InChI=1S/C14H20O3S/c1-10-8-11(9-16-13(15)18-5)6-7-12(10)17-14(2,3)4/h6-8H,9H2,1-5H3. The molecule has 0 amide bonds. The van der Waals surface area contributed by atoms with Crippen molar-refractivity contribution in [3.63, 3.8) is 0 Å². The molecule has 0 saturated carbocycles. The van der Waals surface area contributed by atoms with Gasteiger partial charge in [-0.05, 0) is 69.0 Å². The topological polar surface area (TPSA) is 35.5 Å². The number of hydrogen-bond donors (Lipinski definition) is 0. The number of aryl methyl sites for hydroxylation is 1. The summed E-state index contributed by atoms with van der Waals surface area (Å²) in [6, 6.07) is 5.82. The Labute approximate surface area is 113 Å². The van der Waals surface area contributed by atoms with Crippen molar-refractivity contribution < 1.29 is 14.3 Å². The third-order valence-electron chi connectivity index (χ3n) is 2.18. The number of thioether (sulfide) groups is 1. The summed E-state index contributed by atoms with van der Waals surface area (Å²) in [7, 11) is 0. The van der Waals surface area contributed by atoms with Crippen LogP contribution >= 0.6 is 11.8 Å². The molecule has 0 spiro atoms. The Morgan fingerprint density at radius 1 is 1.33 bits per heavy atom. The van der Waals surface area contributed by atoms with Crippen molar-refractivity contribution in [2.75, 3.05) is 6.26 Å². The molecule has 1 rings (SSSR count). The molecule has 0 heterocycles. The second-order valence-corrected chi connectivity index (χ2v) is 5.80. The van der Waals surface area contributed by atoms with Crippen molar-refractivity contribution in [3.8, 4) is 5.75 Å². The zero-order valence-electron chi connectivity index (χ0n) is 11.6. The van der Waals surface area contributed by atoms with Gasteiger partial charge in [0.25, 0.3) is 0 Å². The molecule has 100 valence electrons. The molecule has 0 unspecified atom stereocenters. The van der Waals surface area contributed by atoms with Gasteiger partial charge in [0.2, 0.25) is 0 Å². The normalized spacial score (nSPS) is 11.2. The van der Waals surface area contributed by atoms with Crippen LogP contribution in [0, 0.1) is 6.92 Å². The van der Waals surface area contributed by atoms with E-state index < -0.39 is 0 Å². The van der Waals surface area contributed by atoms with Gasteiger partial charge in [0.15, 0.2) is 0 Å². The SMILES string of the molecule is CSC(=O)OCc1ccc(OC(C)(C)C)c(C)c1. The van der Waals surface area contributed by atoms with Crippen LogP contribution in [0.3, 0.4) is 0 Å². The smallest absolute Gasteiger partial charge is 0.367 e. The van der Waals surface area contributed by atoms with Crippen LogP contribution in [0.2, 0.25) is 0 Å². The van der Waals surface area contributed by atoms with Gasteiger partial charge in [-0.15, -0.1) is 0 Å². The van der Waals surface area contributed by atoms with E-state index in [2.05, 4.69) is 0 Å². The lowest BCUT2D eigenvalue weighted by Crippen LogP contribution is -2.23. The maximum atomic E-state index is 11.0. The number of carbonyl (C=O) groups excluding carboxylic acids is 1. The van der Waals surface area contributed by atoms with Crippen LogP contribution in [-0.4, -0.2) is 17.2 Å². The molecule has 1 aromatic rings. The lowest BCUT2D eigenvalue weighted by molar-refractivity contribution is 0.129. The quantitative estimate of drug-likeness (QED) is 0.771. The highest BCUT2D eigenvalue weighted by Gasteiger charge is 2.13. The minimum Gasteiger partial charge on any atom is -0.488 e. The summed E-state index contributed by atoms with van der Waals surface area (Å²) >= 11 is 1.07. The summed E-state index contributed by atoms with van der Waals surface area (Å²) in [5, 5.41) is -0.261. The molecule has 0 aliphatic heterocycles. The first-order valence-corrected chi connectivity index (χ1v) is 7.03. The molecule has 0 atom stereocenters. The monoisotopic (exact) mass is 268 g/mol. The largest absolute Gasteiger partial charge is 0.488 e. The Hall–Kier alpha value is -1.16. The Balaban J connectivity index is 2.70. The van der Waals surface area contributed by atoms with Crippen LogP contribution in [0.25, 0.3) is 0 Å². The fraction of sp³-hybridized carbons (Fsp3) is 0.500. The number of ether oxygens (including phenoxy) is 2. The molecule has 0 aliphatic carbocycles. The van der Waals surface area contributed by atoms with E-state index in [9.17, 15) is 4.79 Å². The predicted molar refractivity (Wildman–Crippen MR) is 75.3 cm³/mol. The molecule has 0 radical (unpaired) electrons. The second-order valence-electron chi connectivity index (χ2n) is 5.06. The molecule has 4 heteroatoms. The molecule has 0 aromatic heterocycles. The van der Waals surface area contributed by atoms with Gasteiger partial charge in [-0.3, -0.25) is 0 Å². The van der Waals surface area contributed by atoms with Crippen molar-refractivity contribution in [1.82, 2.24) is 0 Å². The lowest BCUT2D eigenvalue weighted by Gasteiger charge is -2.22. The van der Waals surface area contributed by atoms with E-state index in [0.29, 0.717) is 6.61 Å². The molecule has 0 fully saturated rings. The molecular weight excluding hydrogens is 248 g/mol. The highest BCUT2D eigenvalue weighted by atomic mass is 32.2. The summed E-state index contributed by atoms with van der Waals surface area (Å²) < 4.78 is 10.9. The zero-order valence-corrected chi connectivity index (χ0v) is 12.4. The molecule has 1 aromatic carbocycles. The third kappa shape index (κ3) is 5.00. The van der Waals surface area contributed by atoms with Crippen molar-refractivity contribution in [3.05, 3.63) is 29.3 Å². The maximum Gasteiger partial charge on any atom is 0.367 e. The molecule has 18 heavy (non-hydrogen) atoms. The summed E-state index contributed by atoms with van der Waals surface area (Å²) in [4.78, 5) is 11.0. The molecule has 0 N–H and O–H groups in total. The van der Waals surface area contributed by atoms with Crippen LogP contribution in [-0.2, 0) is 11.3 Å². The Morgan fingerprint density at radius 2 is 2.00 bits per heavy atom. The van der Waals surface area contributed by atoms with E-state index in [1.165, 1.54) is 0 Å². The minimum atomic E-state index is -0.261. The molecule has 0 bridgehead atoms. The van der Waals surface area contributed by atoms with Crippen LogP contribution in [0.4, 0.5) is 4.79 Å². The average Bonchev–Trinajstić information content (AvgIpc) is 2.27. The molecule has 0 aliphatic rings. The van der Waals surface area contributed by atoms with Crippen LogP contribution < -0.4 is 4.74 Å². The van der Waals surface area contributed by atoms with Gasteiger partial charge in [-0.2, -0.15) is 0 Å². The number of carbonyl (C=O) groups is 1. The van der Waals surface area contributed by atoms with E-state index in [-0.39, 0.29) is 10.9 Å². The summed E-state index contributed by atoms with van der Waals surface area (Å²) in [5.74, 6) is 0.863. The van der Waals surface area contributed by atoms with E-state index >= 15 is 0 Å². The van der Waals surface area contributed by atoms with Gasteiger partial charge in [0.1, 0.15) is 18.0 Å². The average molecular weight is 268 g/mol. The van der Waals surface area contributed by atoms with Crippen molar-refractivity contribution in [2.24, 2.45) is 0 Å². The van der Waals surface area contributed by atoms with E-state index in [4.69, 9.17) is 9.47 Å². The first-order valence-electron chi connectivity index (χ1n) is 5.81. The van der Waals surface area contributed by atoms with E-state index in [1.54, 1.807) is 6.26 Å². The maximum absolute atomic E-state index is 11.0. The van der Waals surface area contributed by atoms with Crippen LogP contribution in [0.1, 0.15) is 31.9 Å². The van der Waals surface area contributed by atoms with Gasteiger partial charge in [0, 0.05) is 0 Å². The fourth-order valence-electron chi connectivity index (χ4n) is 1.45. The van der Waals surface area contributed by atoms with Gasteiger partial charge >= 0.3 is 5.30 Å². The van der Waals surface area contributed by atoms with Crippen molar-refractivity contribution in [2.45, 2.75) is 39.9 Å². The molecular formula is C14H20O3S. The first kappa shape index (κ1) is 14.9. The first-order chi connectivity index (χ1) is 8.31. The van der Waals surface area contributed by atoms with Gasteiger partial charge in [0.05, 0.1) is 0 Å². The summed E-state index contributed by atoms with van der Waals surface area (Å²) in [6.45, 7) is 8.33. The van der Waals surface area contributed by atoms with Crippen LogP contribution in [0.5, 0.6) is 5.75 Å². The number of benzene rings is 1. The highest BCUT2D eigenvalue weighted by Crippen LogP contribution is 2.24. The predicted octanol–water partition coefficient (Wildman–Crippen LogP) is 4.17. The second kappa shape index (κ2) is 6.14. The van der Waals surface area contributed by atoms with Gasteiger partial charge in [-0.25, -0.2) is 4.79 Å². The van der Waals surface area contributed by atoms with E-state index in [0.717, 1.165) is 28.6 Å². The Morgan fingerprint density at radius 3 is 2.50 bits per heavy atom. The third-order valence-corrected chi connectivity index (χ3v) is 2.63. The summed E-state index contributed by atoms with van der Waals surface area (Å²) in [6.07, 6.45) is 1.70. The van der Waals surface area contributed by atoms with Gasteiger partial charge in [-0.1, -0.05) is 6.07 Å². The summed E-state index contributed by atoms with van der Waals surface area (Å²) in [5.41, 5.74) is 1.80. The van der Waals surface area contributed by atoms with Gasteiger partial charge < -0.3 is 9.47 Å². The molecule has 3 nitrogen and oxygen atoms in total. The number of hydrogen-bond acceptors (Lipinski definition) is 4. The Kier molecular flexibility index (Phi) is 5.08. The zero-order chi connectivity index (χ0) is 13.8. The van der Waals surface area contributed by atoms with Crippen molar-refractivity contribution >= 4 is 17.1 Å². The highest BCUT2D eigenvalue weighted by molar-refractivity contribution is 8.12.